The summed E-state index contributed by atoms with van der Waals surface area (Å²) in [7, 11) is 0. The van der Waals surface area contributed by atoms with Crippen molar-refractivity contribution < 1.29 is 0 Å². The molecule has 0 aromatic rings. The lowest BCUT2D eigenvalue weighted by molar-refractivity contribution is -0.0531. The van der Waals surface area contributed by atoms with Gasteiger partial charge >= 0.3 is 0 Å². The zero-order valence-electron chi connectivity index (χ0n) is 20.2. The average Bonchev–Trinajstić information content (AvgIpc) is 2.81. The summed E-state index contributed by atoms with van der Waals surface area (Å²) in [5.41, 5.74) is 0. The van der Waals surface area contributed by atoms with E-state index in [1.807, 2.05) is 0 Å². The molecule has 5 aliphatic rings. The summed E-state index contributed by atoms with van der Waals surface area (Å²) in [5, 5.41) is 0. The van der Waals surface area contributed by atoms with E-state index in [9.17, 15) is 0 Å². The molecule has 0 nitrogen and oxygen atoms in total. The number of hydrogen-bond acceptors (Lipinski definition) is 0. The molecule has 6 unspecified atom stereocenters. The van der Waals surface area contributed by atoms with Gasteiger partial charge in [-0.3, -0.25) is 0 Å². The van der Waals surface area contributed by atoms with Crippen LogP contribution >= 0.6 is 0 Å². The molecular formula is C30H52. The van der Waals surface area contributed by atoms with E-state index in [1.165, 1.54) is 19.3 Å². The normalized spacial score (nSPS) is 43.0. The van der Waals surface area contributed by atoms with Crippen molar-refractivity contribution in [2.24, 2.45) is 47.3 Å². The first-order chi connectivity index (χ1) is 14.9. The molecule has 0 aromatic carbocycles. The van der Waals surface area contributed by atoms with Gasteiger partial charge in [0.15, 0.2) is 0 Å². The van der Waals surface area contributed by atoms with E-state index < -0.39 is 0 Å². The van der Waals surface area contributed by atoms with Crippen molar-refractivity contribution in [1.82, 2.24) is 0 Å². The van der Waals surface area contributed by atoms with Gasteiger partial charge in [-0.05, 0) is 73.0 Å². The largest absolute Gasteiger partial charge is 0.0533 e. The van der Waals surface area contributed by atoms with Crippen LogP contribution in [0, 0.1) is 47.3 Å². The molecule has 5 rings (SSSR count). The number of unbranched alkanes of at least 4 members (excludes halogenated alkanes) is 1. The van der Waals surface area contributed by atoms with E-state index >= 15 is 0 Å². The van der Waals surface area contributed by atoms with Crippen LogP contribution in [0.2, 0.25) is 0 Å². The molecule has 30 heavy (non-hydrogen) atoms. The number of rotatable bonds is 6. The van der Waals surface area contributed by atoms with Crippen molar-refractivity contribution in [2.45, 2.75) is 141 Å². The molecule has 5 fully saturated rings. The third-order valence-electron chi connectivity index (χ3n) is 11.1. The first-order valence-corrected chi connectivity index (χ1v) is 14.9. The Hall–Kier alpha value is 0. The van der Waals surface area contributed by atoms with Gasteiger partial charge in [0.05, 0.1) is 0 Å². The Morgan fingerprint density at radius 2 is 0.933 bits per heavy atom. The summed E-state index contributed by atoms with van der Waals surface area (Å²) in [6, 6.07) is 0. The minimum absolute atomic E-state index is 1.10. The van der Waals surface area contributed by atoms with Crippen molar-refractivity contribution in [3.8, 4) is 0 Å². The molecule has 172 valence electrons. The Labute approximate surface area is 188 Å². The van der Waals surface area contributed by atoms with Gasteiger partial charge in [0.25, 0.3) is 0 Å². The summed E-state index contributed by atoms with van der Waals surface area (Å²) in [5.74, 6) is 9.05. The second kappa shape index (κ2) is 10.7. The van der Waals surface area contributed by atoms with Gasteiger partial charge in [0, 0.05) is 0 Å². The molecule has 0 saturated heterocycles. The van der Waals surface area contributed by atoms with Crippen molar-refractivity contribution in [2.75, 3.05) is 0 Å². The van der Waals surface area contributed by atoms with Gasteiger partial charge in [-0.25, -0.2) is 0 Å². The SMILES string of the molecule is C1CCC(CCCCC2CCCC(C3C4CCCCC4CC4CCCCC43)C2)CC1. The molecule has 0 heterocycles. The maximum atomic E-state index is 1.64. The Kier molecular flexibility index (Phi) is 7.82. The van der Waals surface area contributed by atoms with Crippen LogP contribution in [0.1, 0.15) is 141 Å². The van der Waals surface area contributed by atoms with Crippen LogP contribution in [0.5, 0.6) is 0 Å². The number of fused-ring (bicyclic) bond motifs is 2. The Morgan fingerprint density at radius 3 is 1.63 bits per heavy atom. The minimum atomic E-state index is 1.10. The molecule has 0 N–H and O–H groups in total. The molecule has 6 atom stereocenters. The summed E-state index contributed by atoms with van der Waals surface area (Å²) in [4.78, 5) is 0. The predicted molar refractivity (Wildman–Crippen MR) is 129 cm³/mol. The van der Waals surface area contributed by atoms with Crippen LogP contribution in [0.3, 0.4) is 0 Å². The zero-order chi connectivity index (χ0) is 20.2. The van der Waals surface area contributed by atoms with Crippen molar-refractivity contribution in [1.29, 1.82) is 0 Å². The highest BCUT2D eigenvalue weighted by Crippen LogP contribution is 2.57. The van der Waals surface area contributed by atoms with Crippen molar-refractivity contribution in [3.63, 3.8) is 0 Å². The Balaban J connectivity index is 1.15. The molecule has 0 spiro atoms. The Bertz CT molecular complexity index is 480. The van der Waals surface area contributed by atoms with Crippen molar-refractivity contribution in [3.05, 3.63) is 0 Å². The van der Waals surface area contributed by atoms with E-state index in [-0.39, 0.29) is 0 Å². The predicted octanol–water partition coefficient (Wildman–Crippen LogP) is 9.57. The standard InChI is InChI=1S/C30H52/c1-2-11-23(12-3-1)13-4-5-14-24-15-10-18-27(21-24)30-28-19-8-6-16-25(28)22-26-17-7-9-20-29(26)30/h23-30H,1-22H2. The van der Waals surface area contributed by atoms with Crippen LogP contribution in [0.25, 0.3) is 0 Å². The van der Waals surface area contributed by atoms with Gasteiger partial charge in [-0.1, -0.05) is 116 Å². The van der Waals surface area contributed by atoms with Crippen LogP contribution < -0.4 is 0 Å². The van der Waals surface area contributed by atoms with E-state index in [4.69, 9.17) is 0 Å². The van der Waals surface area contributed by atoms with Crippen LogP contribution in [-0.4, -0.2) is 0 Å². The monoisotopic (exact) mass is 412 g/mol. The second-order valence-corrected chi connectivity index (χ2v) is 12.8. The maximum Gasteiger partial charge on any atom is -0.0324 e. The summed E-state index contributed by atoms with van der Waals surface area (Å²) in [6.07, 6.45) is 34.6. The second-order valence-electron chi connectivity index (χ2n) is 12.8. The quantitative estimate of drug-likeness (QED) is 0.381. The molecular weight excluding hydrogens is 360 g/mol. The molecule has 5 aliphatic carbocycles. The topological polar surface area (TPSA) is 0 Å². The molecule has 5 saturated carbocycles. The summed E-state index contributed by atoms with van der Waals surface area (Å²) >= 11 is 0. The molecule has 0 radical (unpaired) electrons. The number of hydrogen-bond donors (Lipinski definition) is 0. The summed E-state index contributed by atoms with van der Waals surface area (Å²) < 4.78 is 0. The van der Waals surface area contributed by atoms with Crippen molar-refractivity contribution >= 4 is 0 Å². The Morgan fingerprint density at radius 1 is 0.400 bits per heavy atom. The fourth-order valence-corrected chi connectivity index (χ4v) is 9.76. The lowest BCUT2D eigenvalue weighted by Crippen LogP contribution is -2.46. The fourth-order valence-electron chi connectivity index (χ4n) is 9.76. The van der Waals surface area contributed by atoms with Gasteiger partial charge in [0.1, 0.15) is 0 Å². The average molecular weight is 413 g/mol. The highest BCUT2D eigenvalue weighted by Gasteiger charge is 2.48. The molecule has 0 bridgehead atoms. The molecule has 0 amide bonds. The first kappa shape index (κ1) is 21.8. The lowest BCUT2D eigenvalue weighted by atomic mass is 9.50. The fraction of sp³-hybridized carbons (Fsp3) is 1.00. The lowest BCUT2D eigenvalue weighted by Gasteiger charge is -2.55. The van der Waals surface area contributed by atoms with Gasteiger partial charge in [-0.15, -0.1) is 0 Å². The third-order valence-corrected chi connectivity index (χ3v) is 11.1. The van der Waals surface area contributed by atoms with Crippen LogP contribution in [-0.2, 0) is 0 Å². The van der Waals surface area contributed by atoms with Gasteiger partial charge < -0.3 is 0 Å². The molecule has 0 aliphatic heterocycles. The van der Waals surface area contributed by atoms with Gasteiger partial charge in [0.2, 0.25) is 0 Å². The van der Waals surface area contributed by atoms with E-state index in [0.29, 0.717) is 0 Å². The zero-order valence-corrected chi connectivity index (χ0v) is 20.2. The molecule has 0 aromatic heterocycles. The van der Waals surface area contributed by atoms with E-state index in [1.54, 1.807) is 122 Å². The first-order valence-electron chi connectivity index (χ1n) is 14.9. The van der Waals surface area contributed by atoms with E-state index in [0.717, 1.165) is 47.3 Å². The van der Waals surface area contributed by atoms with Crippen LogP contribution in [0.15, 0.2) is 0 Å². The highest BCUT2D eigenvalue weighted by atomic mass is 14.5. The molecule has 0 heteroatoms. The van der Waals surface area contributed by atoms with E-state index in [2.05, 4.69) is 0 Å². The third kappa shape index (κ3) is 5.14. The maximum absolute atomic E-state index is 1.64. The summed E-state index contributed by atoms with van der Waals surface area (Å²) in [6.45, 7) is 0. The minimum Gasteiger partial charge on any atom is -0.0533 e. The highest BCUT2D eigenvalue weighted by molar-refractivity contribution is 4.98. The van der Waals surface area contributed by atoms with Crippen LogP contribution in [0.4, 0.5) is 0 Å². The van der Waals surface area contributed by atoms with Gasteiger partial charge in [-0.2, -0.15) is 0 Å². The smallest absolute Gasteiger partial charge is 0.0324 e.